The smallest absolute Gasteiger partial charge is 0.216 e. The zero-order valence-corrected chi connectivity index (χ0v) is 14.9. The van der Waals surface area contributed by atoms with Crippen LogP contribution in [0.2, 0.25) is 5.02 Å². The quantitative estimate of drug-likeness (QED) is 0.589. The number of halogens is 2. The van der Waals surface area contributed by atoms with Crippen LogP contribution in [-0.2, 0) is 6.42 Å². The predicted octanol–water partition coefficient (Wildman–Crippen LogP) is 5.13. The Morgan fingerprint density at radius 2 is 2.17 bits per heavy atom. The molecule has 0 unspecified atom stereocenters. The summed E-state index contributed by atoms with van der Waals surface area (Å²) in [5.74, 6) is 1.11. The van der Waals surface area contributed by atoms with Crippen LogP contribution in [-0.4, -0.2) is 21.1 Å². The third-order valence-electron chi connectivity index (χ3n) is 4.52. The molecule has 7 heteroatoms. The van der Waals surface area contributed by atoms with E-state index in [1.807, 2.05) is 0 Å². The van der Waals surface area contributed by atoms with Gasteiger partial charge in [0.1, 0.15) is 5.82 Å². The minimum absolute atomic E-state index is 0.250. The number of nitrogens with zero attached hydrogens (tertiary/aromatic N) is 3. The minimum atomic E-state index is -0.412. The Bertz CT molecular complexity index is 757. The van der Waals surface area contributed by atoms with Gasteiger partial charge in [0.05, 0.1) is 11.2 Å². The Morgan fingerprint density at radius 3 is 2.92 bits per heavy atom. The number of rotatable bonds is 5. The van der Waals surface area contributed by atoms with Gasteiger partial charge < -0.3 is 0 Å². The van der Waals surface area contributed by atoms with Crippen molar-refractivity contribution in [2.75, 3.05) is 0 Å². The van der Waals surface area contributed by atoms with E-state index in [1.165, 1.54) is 44.4 Å². The van der Waals surface area contributed by atoms with Crippen molar-refractivity contribution >= 4 is 30.0 Å². The second-order valence-electron chi connectivity index (χ2n) is 6.18. The van der Waals surface area contributed by atoms with Gasteiger partial charge in [-0.05, 0) is 36.7 Å². The van der Waals surface area contributed by atoms with Crippen LogP contribution in [0.3, 0.4) is 0 Å². The van der Waals surface area contributed by atoms with E-state index >= 15 is 0 Å². The van der Waals surface area contributed by atoms with E-state index in [0.29, 0.717) is 9.79 Å². The molecular formula is C17H20ClFN4S. The van der Waals surface area contributed by atoms with Crippen molar-refractivity contribution in [3.05, 3.63) is 45.2 Å². The van der Waals surface area contributed by atoms with Crippen LogP contribution >= 0.6 is 23.8 Å². The molecule has 1 aromatic heterocycles. The molecular weight excluding hydrogens is 347 g/mol. The number of benzene rings is 1. The summed E-state index contributed by atoms with van der Waals surface area (Å²) in [6.07, 6.45) is 9.85. The molecule has 0 bridgehead atoms. The maximum absolute atomic E-state index is 13.8. The van der Waals surface area contributed by atoms with Gasteiger partial charge in [-0.25, -0.2) is 4.39 Å². The SMILES string of the molecule is Fc1cccc(Cl)c1C=Nn1c(CCC2CCCCC2)n[nH]c1=S. The fourth-order valence-electron chi connectivity index (χ4n) is 3.16. The second kappa shape index (κ2) is 8.03. The third kappa shape index (κ3) is 4.11. The standard InChI is InChI=1S/C17H20ClFN4S/c18-14-7-4-8-15(19)13(14)11-20-23-16(21-22-17(23)24)10-9-12-5-2-1-3-6-12/h4,7-8,11-12H,1-3,5-6,9-10H2,(H,22,24). The Kier molecular flexibility index (Phi) is 5.79. The number of H-pyrrole nitrogens is 1. The molecule has 24 heavy (non-hydrogen) atoms. The Labute approximate surface area is 150 Å². The zero-order valence-electron chi connectivity index (χ0n) is 13.3. The van der Waals surface area contributed by atoms with Gasteiger partial charge in [0.2, 0.25) is 4.77 Å². The lowest BCUT2D eigenvalue weighted by molar-refractivity contribution is 0.336. The molecule has 4 nitrogen and oxygen atoms in total. The first-order valence-corrected chi connectivity index (χ1v) is 9.08. The van der Waals surface area contributed by atoms with Gasteiger partial charge in [-0.1, -0.05) is 49.8 Å². The second-order valence-corrected chi connectivity index (χ2v) is 6.97. The molecule has 0 radical (unpaired) electrons. The highest BCUT2D eigenvalue weighted by molar-refractivity contribution is 7.71. The number of hydrogen-bond donors (Lipinski definition) is 1. The summed E-state index contributed by atoms with van der Waals surface area (Å²) >= 11 is 11.3. The van der Waals surface area contributed by atoms with Gasteiger partial charge in [-0.15, -0.1) is 0 Å². The highest BCUT2D eigenvalue weighted by Gasteiger charge is 2.15. The Morgan fingerprint density at radius 1 is 1.38 bits per heavy atom. The number of aromatic amines is 1. The summed E-state index contributed by atoms with van der Waals surface area (Å²) in [5.41, 5.74) is 0.250. The first kappa shape index (κ1) is 17.3. The average Bonchev–Trinajstić information content (AvgIpc) is 2.94. The van der Waals surface area contributed by atoms with Gasteiger partial charge in [-0.2, -0.15) is 14.9 Å². The molecule has 1 heterocycles. The van der Waals surface area contributed by atoms with Crippen molar-refractivity contribution in [3.8, 4) is 0 Å². The molecule has 1 aromatic carbocycles. The maximum Gasteiger partial charge on any atom is 0.216 e. The third-order valence-corrected chi connectivity index (χ3v) is 5.11. The minimum Gasteiger partial charge on any atom is -0.250 e. The van der Waals surface area contributed by atoms with Gasteiger partial charge in [-0.3, -0.25) is 5.10 Å². The zero-order chi connectivity index (χ0) is 16.9. The van der Waals surface area contributed by atoms with Crippen LogP contribution in [0.4, 0.5) is 4.39 Å². The van der Waals surface area contributed by atoms with Gasteiger partial charge in [0.15, 0.2) is 5.82 Å². The Hall–Kier alpha value is -1.53. The van der Waals surface area contributed by atoms with Crippen molar-refractivity contribution in [1.29, 1.82) is 0 Å². The largest absolute Gasteiger partial charge is 0.250 e. The molecule has 0 amide bonds. The summed E-state index contributed by atoms with van der Waals surface area (Å²) in [5, 5.41) is 11.6. The van der Waals surface area contributed by atoms with E-state index in [4.69, 9.17) is 23.8 Å². The van der Waals surface area contributed by atoms with E-state index in [9.17, 15) is 4.39 Å². The molecule has 128 valence electrons. The first-order valence-electron chi connectivity index (χ1n) is 8.30. The van der Waals surface area contributed by atoms with Crippen LogP contribution in [0.5, 0.6) is 0 Å². The number of aryl methyl sites for hydroxylation is 1. The molecule has 1 fully saturated rings. The lowest BCUT2D eigenvalue weighted by Gasteiger charge is -2.20. The molecule has 0 spiro atoms. The summed E-state index contributed by atoms with van der Waals surface area (Å²) in [6.45, 7) is 0. The van der Waals surface area contributed by atoms with E-state index in [-0.39, 0.29) is 5.56 Å². The fraction of sp³-hybridized carbons (Fsp3) is 0.471. The molecule has 1 saturated carbocycles. The van der Waals surface area contributed by atoms with Crippen molar-refractivity contribution in [2.45, 2.75) is 44.9 Å². The van der Waals surface area contributed by atoms with Crippen molar-refractivity contribution in [1.82, 2.24) is 14.9 Å². The monoisotopic (exact) mass is 366 g/mol. The molecule has 2 aromatic rings. The molecule has 0 atom stereocenters. The van der Waals surface area contributed by atoms with Crippen LogP contribution in [0.25, 0.3) is 0 Å². The average molecular weight is 367 g/mol. The topological polar surface area (TPSA) is 46.0 Å². The number of nitrogens with one attached hydrogen (secondary N) is 1. The molecule has 0 aliphatic heterocycles. The maximum atomic E-state index is 13.8. The van der Waals surface area contributed by atoms with Crippen LogP contribution < -0.4 is 0 Å². The molecule has 1 N–H and O–H groups in total. The predicted molar refractivity (Wildman–Crippen MR) is 96.7 cm³/mol. The number of aromatic nitrogens is 3. The lowest BCUT2D eigenvalue weighted by atomic mass is 9.86. The van der Waals surface area contributed by atoms with E-state index in [1.54, 1.807) is 16.8 Å². The lowest BCUT2D eigenvalue weighted by Crippen LogP contribution is -2.09. The highest BCUT2D eigenvalue weighted by Crippen LogP contribution is 2.27. The summed E-state index contributed by atoms with van der Waals surface area (Å²) in [6, 6.07) is 4.55. The van der Waals surface area contributed by atoms with Gasteiger partial charge in [0.25, 0.3) is 0 Å². The number of hydrogen-bond acceptors (Lipinski definition) is 3. The summed E-state index contributed by atoms with van der Waals surface area (Å²) in [4.78, 5) is 0. The fourth-order valence-corrected chi connectivity index (χ4v) is 3.57. The van der Waals surface area contributed by atoms with Crippen molar-refractivity contribution < 1.29 is 4.39 Å². The summed E-state index contributed by atoms with van der Waals surface area (Å²) < 4.78 is 15.8. The molecule has 3 rings (SSSR count). The normalized spacial score (nSPS) is 16.1. The summed E-state index contributed by atoms with van der Waals surface area (Å²) in [7, 11) is 0. The van der Waals surface area contributed by atoms with Crippen LogP contribution in [0.15, 0.2) is 23.3 Å². The van der Waals surface area contributed by atoms with Crippen LogP contribution in [0.1, 0.15) is 49.9 Å². The van der Waals surface area contributed by atoms with Crippen molar-refractivity contribution in [3.63, 3.8) is 0 Å². The van der Waals surface area contributed by atoms with Gasteiger partial charge in [0, 0.05) is 12.0 Å². The Balaban J connectivity index is 1.75. The van der Waals surface area contributed by atoms with Gasteiger partial charge >= 0.3 is 0 Å². The van der Waals surface area contributed by atoms with E-state index < -0.39 is 5.82 Å². The van der Waals surface area contributed by atoms with Crippen molar-refractivity contribution in [2.24, 2.45) is 11.0 Å². The highest BCUT2D eigenvalue weighted by atomic mass is 35.5. The first-order chi connectivity index (χ1) is 11.6. The van der Waals surface area contributed by atoms with E-state index in [2.05, 4.69) is 15.3 Å². The molecule has 1 aliphatic rings. The molecule has 0 saturated heterocycles. The van der Waals surface area contributed by atoms with Crippen LogP contribution in [0, 0.1) is 16.5 Å². The molecule has 1 aliphatic carbocycles. The van der Waals surface area contributed by atoms with E-state index in [0.717, 1.165) is 24.6 Å².